The molecule has 0 heterocycles. The van der Waals surface area contributed by atoms with E-state index in [1.165, 1.54) is 24.8 Å². The lowest BCUT2D eigenvalue weighted by molar-refractivity contribution is 0.488. The largest absolute Gasteiger partial charge is 0.0887 e. The van der Waals surface area contributed by atoms with Crippen molar-refractivity contribution in [2.45, 2.75) is 47.0 Å². The lowest BCUT2D eigenvalue weighted by Crippen LogP contribution is -1.96. The lowest BCUT2D eigenvalue weighted by Gasteiger charge is -2.11. The van der Waals surface area contributed by atoms with Crippen LogP contribution in [0.25, 0.3) is 0 Å². The maximum Gasteiger partial charge on any atom is -0.0295 e. The second-order valence-electron chi connectivity index (χ2n) is 3.02. The zero-order chi connectivity index (χ0) is 7.98. The minimum absolute atomic E-state index is 0.913. The predicted molar refractivity (Wildman–Crippen MR) is 48.1 cm³/mol. The minimum Gasteiger partial charge on any atom is -0.0887 e. The summed E-state index contributed by atoms with van der Waals surface area (Å²) >= 11 is 0. The second-order valence-corrected chi connectivity index (χ2v) is 3.02. The van der Waals surface area contributed by atoms with E-state index in [4.69, 9.17) is 0 Å². The van der Waals surface area contributed by atoms with Gasteiger partial charge in [0.15, 0.2) is 0 Å². The average molecular weight is 140 g/mol. The summed E-state index contributed by atoms with van der Waals surface area (Å²) in [5, 5.41) is 0. The molecule has 0 aromatic carbocycles. The first-order valence-corrected chi connectivity index (χ1v) is 4.36. The van der Waals surface area contributed by atoms with Crippen LogP contribution in [0.4, 0.5) is 0 Å². The van der Waals surface area contributed by atoms with Crippen molar-refractivity contribution < 1.29 is 0 Å². The minimum atomic E-state index is 0.913. The highest BCUT2D eigenvalue weighted by Crippen LogP contribution is 2.17. The molecule has 0 atom stereocenters. The normalized spacial score (nSPS) is 12.7. The second kappa shape index (κ2) is 5.52. The van der Waals surface area contributed by atoms with Crippen LogP contribution < -0.4 is 0 Å². The lowest BCUT2D eigenvalue weighted by atomic mass is 9.95. The molecule has 0 rings (SSSR count). The Morgan fingerprint density at radius 3 is 2.10 bits per heavy atom. The van der Waals surface area contributed by atoms with Crippen molar-refractivity contribution >= 4 is 0 Å². The molecule has 0 spiro atoms. The van der Waals surface area contributed by atoms with E-state index in [1.807, 2.05) is 0 Å². The van der Waals surface area contributed by atoms with Crippen LogP contribution >= 0.6 is 0 Å². The molecule has 0 nitrogen and oxygen atoms in total. The van der Waals surface area contributed by atoms with E-state index in [0.29, 0.717) is 0 Å². The smallest absolute Gasteiger partial charge is 0.0295 e. The summed E-state index contributed by atoms with van der Waals surface area (Å²) in [4.78, 5) is 0. The highest BCUT2D eigenvalue weighted by atomic mass is 14.1. The molecule has 0 saturated carbocycles. The van der Waals surface area contributed by atoms with E-state index in [9.17, 15) is 0 Å². The summed E-state index contributed by atoms with van der Waals surface area (Å²) in [7, 11) is 0. The number of hydrogen-bond acceptors (Lipinski definition) is 0. The first kappa shape index (κ1) is 9.74. The van der Waals surface area contributed by atoms with Crippen LogP contribution in [0.15, 0.2) is 11.6 Å². The van der Waals surface area contributed by atoms with E-state index in [1.54, 1.807) is 0 Å². The topological polar surface area (TPSA) is 0 Å². The Morgan fingerprint density at radius 2 is 1.80 bits per heavy atom. The van der Waals surface area contributed by atoms with Gasteiger partial charge in [-0.25, -0.2) is 0 Å². The van der Waals surface area contributed by atoms with Crippen LogP contribution in [0.2, 0.25) is 0 Å². The van der Waals surface area contributed by atoms with Crippen molar-refractivity contribution in [3.8, 4) is 0 Å². The van der Waals surface area contributed by atoms with Crippen molar-refractivity contribution in [2.24, 2.45) is 5.92 Å². The first-order valence-electron chi connectivity index (χ1n) is 4.36. The van der Waals surface area contributed by atoms with Crippen LogP contribution in [-0.2, 0) is 0 Å². The van der Waals surface area contributed by atoms with Gasteiger partial charge in [0, 0.05) is 0 Å². The zero-order valence-corrected chi connectivity index (χ0v) is 7.78. The highest BCUT2D eigenvalue weighted by molar-refractivity contribution is 4.96. The monoisotopic (exact) mass is 140 g/mol. The van der Waals surface area contributed by atoms with Crippen LogP contribution in [-0.4, -0.2) is 0 Å². The van der Waals surface area contributed by atoms with Crippen molar-refractivity contribution in [3.63, 3.8) is 0 Å². The van der Waals surface area contributed by atoms with Gasteiger partial charge in [-0.2, -0.15) is 0 Å². The SMILES string of the molecule is C/C=C(\C)CC(CC)CC. The molecule has 60 valence electrons. The first-order chi connectivity index (χ1) is 4.74. The fraction of sp³-hybridized carbons (Fsp3) is 0.800. The Balaban J connectivity index is 3.63. The van der Waals surface area contributed by atoms with E-state index < -0.39 is 0 Å². The molecule has 10 heavy (non-hydrogen) atoms. The third-order valence-electron chi connectivity index (χ3n) is 2.26. The molecule has 0 unspecified atom stereocenters. The van der Waals surface area contributed by atoms with Gasteiger partial charge in [0.1, 0.15) is 0 Å². The fourth-order valence-corrected chi connectivity index (χ4v) is 1.15. The summed E-state index contributed by atoms with van der Waals surface area (Å²) in [5.41, 5.74) is 1.54. The van der Waals surface area contributed by atoms with Crippen molar-refractivity contribution in [1.82, 2.24) is 0 Å². The highest BCUT2D eigenvalue weighted by Gasteiger charge is 2.02. The van der Waals surface area contributed by atoms with E-state index >= 15 is 0 Å². The van der Waals surface area contributed by atoms with Crippen molar-refractivity contribution in [2.75, 3.05) is 0 Å². The number of rotatable bonds is 4. The quantitative estimate of drug-likeness (QED) is 0.521. The Labute approximate surface area is 65.3 Å². The van der Waals surface area contributed by atoms with Crippen LogP contribution in [0.1, 0.15) is 47.0 Å². The molecule has 0 bridgehead atoms. The molecule has 0 N–H and O–H groups in total. The predicted octanol–water partition coefficient (Wildman–Crippen LogP) is 3.78. The van der Waals surface area contributed by atoms with Gasteiger partial charge in [0.25, 0.3) is 0 Å². The summed E-state index contributed by atoms with van der Waals surface area (Å²) in [6, 6.07) is 0. The maximum atomic E-state index is 2.27. The van der Waals surface area contributed by atoms with Crippen molar-refractivity contribution in [1.29, 1.82) is 0 Å². The molecule has 0 aromatic heterocycles. The zero-order valence-electron chi connectivity index (χ0n) is 7.78. The van der Waals surface area contributed by atoms with E-state index in [2.05, 4.69) is 33.8 Å². The average Bonchev–Trinajstić information content (AvgIpc) is 1.99. The third-order valence-corrected chi connectivity index (χ3v) is 2.26. The molecule has 0 heteroatoms. The van der Waals surface area contributed by atoms with Gasteiger partial charge < -0.3 is 0 Å². The van der Waals surface area contributed by atoms with Crippen LogP contribution in [0, 0.1) is 5.92 Å². The maximum absolute atomic E-state index is 2.27. The summed E-state index contributed by atoms with van der Waals surface area (Å²) in [6.45, 7) is 8.89. The van der Waals surface area contributed by atoms with E-state index in [0.717, 1.165) is 5.92 Å². The fourth-order valence-electron chi connectivity index (χ4n) is 1.15. The molecule has 0 aliphatic heterocycles. The molecule has 0 amide bonds. The van der Waals surface area contributed by atoms with Gasteiger partial charge in [-0.05, 0) is 26.2 Å². The van der Waals surface area contributed by atoms with Gasteiger partial charge in [0.05, 0.1) is 0 Å². The van der Waals surface area contributed by atoms with Crippen LogP contribution in [0.3, 0.4) is 0 Å². The third kappa shape index (κ3) is 3.71. The molecule has 0 fully saturated rings. The van der Waals surface area contributed by atoms with Gasteiger partial charge in [-0.1, -0.05) is 38.3 Å². The standard InChI is InChI=1S/C10H20/c1-5-9(4)8-10(6-2)7-3/h5,10H,6-8H2,1-4H3/b9-5+. The Hall–Kier alpha value is -0.260. The van der Waals surface area contributed by atoms with Gasteiger partial charge in [-0.3, -0.25) is 0 Å². The number of hydrogen-bond donors (Lipinski definition) is 0. The van der Waals surface area contributed by atoms with Crippen molar-refractivity contribution in [3.05, 3.63) is 11.6 Å². The van der Waals surface area contributed by atoms with Gasteiger partial charge >= 0.3 is 0 Å². The summed E-state index contributed by atoms with van der Waals surface area (Å²) in [5.74, 6) is 0.913. The Kier molecular flexibility index (Phi) is 5.38. The molecule has 0 aromatic rings. The summed E-state index contributed by atoms with van der Waals surface area (Å²) < 4.78 is 0. The summed E-state index contributed by atoms with van der Waals surface area (Å²) in [6.07, 6.45) is 6.16. The molecule has 0 radical (unpaired) electrons. The molecule has 0 aliphatic carbocycles. The van der Waals surface area contributed by atoms with Gasteiger partial charge in [-0.15, -0.1) is 0 Å². The van der Waals surface area contributed by atoms with E-state index in [-0.39, 0.29) is 0 Å². The molecule has 0 saturated heterocycles. The van der Waals surface area contributed by atoms with Crippen LogP contribution in [0.5, 0.6) is 0 Å². The molecule has 0 aliphatic rings. The number of allylic oxidation sites excluding steroid dienone is 2. The molecular formula is C10H20. The Morgan fingerprint density at radius 1 is 1.30 bits per heavy atom. The Bertz CT molecular complexity index is 96.6. The molecular weight excluding hydrogens is 120 g/mol. The van der Waals surface area contributed by atoms with Gasteiger partial charge in [0.2, 0.25) is 0 Å².